The molecule has 0 bridgehead atoms. The lowest BCUT2D eigenvalue weighted by Gasteiger charge is -2.15. The Balaban J connectivity index is 1.74. The van der Waals surface area contributed by atoms with Crippen LogP contribution in [0.1, 0.15) is 12.8 Å². The third-order valence-corrected chi connectivity index (χ3v) is 4.39. The van der Waals surface area contributed by atoms with E-state index >= 15 is 0 Å². The molecule has 0 spiro atoms. The van der Waals surface area contributed by atoms with Gasteiger partial charge in [-0.25, -0.2) is 4.98 Å². The molecule has 4 rings (SSSR count). The molecule has 0 unspecified atom stereocenters. The number of anilines is 1. The van der Waals surface area contributed by atoms with E-state index < -0.39 is 0 Å². The van der Waals surface area contributed by atoms with Crippen molar-refractivity contribution in [3.63, 3.8) is 0 Å². The van der Waals surface area contributed by atoms with E-state index in [4.69, 9.17) is 14.9 Å². The fraction of sp³-hybridized carbons (Fsp3) is 0.333. The topological polar surface area (TPSA) is 72.2 Å². The van der Waals surface area contributed by atoms with Gasteiger partial charge in [-0.05, 0) is 30.5 Å². The number of hydrogen-bond donors (Lipinski definition) is 2. The number of nitrogens with zero attached hydrogens (tertiary/aromatic N) is 2. The molecule has 6 nitrogen and oxygen atoms in total. The summed E-state index contributed by atoms with van der Waals surface area (Å²) in [5, 5.41) is 12.4. The summed E-state index contributed by atoms with van der Waals surface area (Å²) >= 11 is 0. The van der Waals surface area contributed by atoms with Crippen LogP contribution in [0.15, 0.2) is 35.9 Å². The summed E-state index contributed by atoms with van der Waals surface area (Å²) in [5.74, 6) is 2.16. The Bertz CT molecular complexity index is 911. The molecule has 0 saturated carbocycles. The Labute approximate surface area is 139 Å². The summed E-state index contributed by atoms with van der Waals surface area (Å²) in [6.07, 6.45) is 8.61. The third kappa shape index (κ3) is 2.44. The first-order chi connectivity index (χ1) is 11.8. The fourth-order valence-corrected chi connectivity index (χ4v) is 3.21. The van der Waals surface area contributed by atoms with Gasteiger partial charge in [-0.1, -0.05) is 18.2 Å². The molecule has 1 aromatic carbocycles. The quantitative estimate of drug-likeness (QED) is 0.907. The average Bonchev–Trinajstić information content (AvgIpc) is 3.11. The van der Waals surface area contributed by atoms with E-state index in [1.807, 2.05) is 16.7 Å². The highest BCUT2D eigenvalue weighted by atomic mass is 16.5. The summed E-state index contributed by atoms with van der Waals surface area (Å²) in [4.78, 5) is 4.43. The second-order valence-electron chi connectivity index (χ2n) is 5.90. The molecule has 1 aliphatic carbocycles. The van der Waals surface area contributed by atoms with Gasteiger partial charge < -0.3 is 14.8 Å². The number of benzene rings is 1. The van der Waals surface area contributed by atoms with E-state index in [1.165, 1.54) is 5.57 Å². The first-order valence-corrected chi connectivity index (χ1v) is 8.16. The average molecular weight is 324 g/mol. The monoisotopic (exact) mass is 324 g/mol. The summed E-state index contributed by atoms with van der Waals surface area (Å²) in [5.41, 5.74) is 2.06. The molecule has 124 valence electrons. The van der Waals surface area contributed by atoms with Crippen LogP contribution >= 0.6 is 0 Å². The largest absolute Gasteiger partial charge is 0.491 e. The van der Waals surface area contributed by atoms with Gasteiger partial charge in [-0.3, -0.25) is 9.98 Å². The van der Waals surface area contributed by atoms with E-state index in [2.05, 4.69) is 28.5 Å². The Morgan fingerprint density at radius 1 is 1.33 bits per heavy atom. The zero-order valence-corrected chi connectivity index (χ0v) is 13.6. The number of hydrogen-bond acceptors (Lipinski definition) is 5. The van der Waals surface area contributed by atoms with Gasteiger partial charge in [0.05, 0.1) is 7.11 Å². The normalized spacial score (nSPS) is 15.8. The summed E-state index contributed by atoms with van der Waals surface area (Å²) in [6, 6.07) is 3.90. The molecule has 2 aliphatic rings. The van der Waals surface area contributed by atoms with Crippen molar-refractivity contribution in [2.75, 3.05) is 25.6 Å². The van der Waals surface area contributed by atoms with Gasteiger partial charge in [0.15, 0.2) is 11.5 Å². The standard InChI is InChI=1S/C18H20N4O2/c1-23-16-14(24-11-12-5-3-2-4-6-12)8-7-13-15(16)21-18(19)22-10-9-20-17(13)22/h3,5-8,19-20H,2,4,9-11H2,1H3. The number of nitrogens with one attached hydrogen (secondary N) is 2. The van der Waals surface area contributed by atoms with Crippen LogP contribution in [0.4, 0.5) is 5.82 Å². The number of fused-ring (bicyclic) bond motifs is 3. The van der Waals surface area contributed by atoms with Crippen LogP contribution in [-0.2, 0) is 6.54 Å². The highest BCUT2D eigenvalue weighted by molar-refractivity contribution is 5.95. The Kier molecular flexibility index (Phi) is 3.72. The van der Waals surface area contributed by atoms with E-state index in [0.717, 1.165) is 37.1 Å². The molecule has 2 aromatic rings. The minimum Gasteiger partial charge on any atom is -0.491 e. The van der Waals surface area contributed by atoms with Crippen LogP contribution in [0.2, 0.25) is 0 Å². The van der Waals surface area contributed by atoms with Crippen LogP contribution in [0.3, 0.4) is 0 Å². The first kappa shape index (κ1) is 14.8. The maximum Gasteiger partial charge on any atom is 0.224 e. The van der Waals surface area contributed by atoms with Crippen molar-refractivity contribution >= 4 is 16.7 Å². The van der Waals surface area contributed by atoms with Gasteiger partial charge in [-0.2, -0.15) is 0 Å². The summed E-state index contributed by atoms with van der Waals surface area (Å²) < 4.78 is 13.4. The zero-order chi connectivity index (χ0) is 16.5. The molecule has 0 amide bonds. The molecule has 0 saturated heterocycles. The van der Waals surface area contributed by atoms with Crippen LogP contribution in [0.5, 0.6) is 11.5 Å². The third-order valence-electron chi connectivity index (χ3n) is 4.39. The molecular weight excluding hydrogens is 304 g/mol. The summed E-state index contributed by atoms with van der Waals surface area (Å²) in [6.45, 7) is 2.08. The van der Waals surface area contributed by atoms with Gasteiger partial charge in [0, 0.05) is 18.5 Å². The second kappa shape index (κ2) is 6.03. The van der Waals surface area contributed by atoms with Crippen LogP contribution < -0.4 is 20.4 Å². The van der Waals surface area contributed by atoms with Crippen molar-refractivity contribution in [2.24, 2.45) is 0 Å². The van der Waals surface area contributed by atoms with Gasteiger partial charge in [0.2, 0.25) is 5.62 Å². The number of allylic oxidation sites excluding steroid dienone is 2. The van der Waals surface area contributed by atoms with Crippen LogP contribution in [0, 0.1) is 5.41 Å². The predicted molar refractivity (Wildman–Crippen MR) is 92.6 cm³/mol. The lowest BCUT2D eigenvalue weighted by atomic mass is 10.1. The first-order valence-electron chi connectivity index (χ1n) is 8.16. The minimum atomic E-state index is 0.232. The Morgan fingerprint density at radius 3 is 3.04 bits per heavy atom. The number of rotatable bonds is 4. The summed E-state index contributed by atoms with van der Waals surface area (Å²) in [7, 11) is 1.61. The SMILES string of the molecule is COc1c(OCC2=CCCC=C2)ccc2c3n(c(=N)nc12)CCN3. The molecule has 1 aliphatic heterocycles. The second-order valence-corrected chi connectivity index (χ2v) is 5.90. The molecule has 1 aromatic heterocycles. The molecule has 0 atom stereocenters. The molecule has 2 heterocycles. The zero-order valence-electron chi connectivity index (χ0n) is 13.6. The number of aromatic nitrogens is 2. The van der Waals surface area contributed by atoms with E-state index in [1.54, 1.807) is 7.11 Å². The van der Waals surface area contributed by atoms with Crippen molar-refractivity contribution in [2.45, 2.75) is 19.4 Å². The van der Waals surface area contributed by atoms with Crippen molar-refractivity contribution < 1.29 is 9.47 Å². The van der Waals surface area contributed by atoms with Crippen LogP contribution in [0.25, 0.3) is 10.9 Å². The Hall–Kier alpha value is -2.76. The smallest absolute Gasteiger partial charge is 0.224 e. The maximum absolute atomic E-state index is 8.14. The molecule has 6 heteroatoms. The van der Waals surface area contributed by atoms with Crippen LogP contribution in [-0.4, -0.2) is 29.8 Å². The van der Waals surface area contributed by atoms with Crippen molar-refractivity contribution in [3.8, 4) is 11.5 Å². The van der Waals surface area contributed by atoms with Gasteiger partial charge in [-0.15, -0.1) is 0 Å². The highest BCUT2D eigenvalue weighted by Crippen LogP contribution is 2.37. The molecule has 0 radical (unpaired) electrons. The van der Waals surface area contributed by atoms with Gasteiger partial charge in [0.25, 0.3) is 0 Å². The molecular formula is C18H20N4O2. The van der Waals surface area contributed by atoms with Gasteiger partial charge >= 0.3 is 0 Å². The molecule has 0 fully saturated rings. The molecule has 24 heavy (non-hydrogen) atoms. The minimum absolute atomic E-state index is 0.232. The van der Waals surface area contributed by atoms with E-state index in [-0.39, 0.29) is 5.62 Å². The van der Waals surface area contributed by atoms with Gasteiger partial charge in [0.1, 0.15) is 17.9 Å². The van der Waals surface area contributed by atoms with E-state index in [0.29, 0.717) is 23.6 Å². The lowest BCUT2D eigenvalue weighted by Crippen LogP contribution is -2.21. The molecule has 2 N–H and O–H groups in total. The van der Waals surface area contributed by atoms with Crippen molar-refractivity contribution in [1.29, 1.82) is 5.41 Å². The highest BCUT2D eigenvalue weighted by Gasteiger charge is 2.19. The lowest BCUT2D eigenvalue weighted by molar-refractivity contribution is 0.323. The fourth-order valence-electron chi connectivity index (χ4n) is 3.21. The number of methoxy groups -OCH3 is 1. The maximum atomic E-state index is 8.14. The predicted octanol–water partition coefficient (Wildman–Crippen LogP) is 2.61. The number of ether oxygens (including phenoxy) is 2. The Morgan fingerprint density at radius 2 is 2.25 bits per heavy atom. The van der Waals surface area contributed by atoms with E-state index in [9.17, 15) is 0 Å². The van der Waals surface area contributed by atoms with Crippen molar-refractivity contribution in [3.05, 3.63) is 41.6 Å². The van der Waals surface area contributed by atoms with Crippen molar-refractivity contribution in [1.82, 2.24) is 9.55 Å².